The monoisotopic (exact) mass is 523 g/mol. The molecule has 39 heavy (non-hydrogen) atoms. The average Bonchev–Trinajstić information content (AvgIpc) is 2.96. The lowest BCUT2D eigenvalue weighted by Gasteiger charge is -2.23. The van der Waals surface area contributed by atoms with E-state index in [9.17, 15) is 14.4 Å². The largest absolute Gasteiger partial charge is 0.395 e. The van der Waals surface area contributed by atoms with E-state index in [1.807, 2.05) is 103 Å². The van der Waals surface area contributed by atoms with Crippen LogP contribution in [0.25, 0.3) is 10.8 Å². The Morgan fingerprint density at radius 3 is 1.79 bits per heavy atom. The lowest BCUT2D eigenvalue weighted by molar-refractivity contribution is -0.132. The van der Waals surface area contributed by atoms with Crippen molar-refractivity contribution in [1.29, 1.82) is 0 Å². The Kier molecular flexibility index (Phi) is 9.80. The number of aliphatic hydroxyl groups is 1. The van der Waals surface area contributed by atoms with Crippen LogP contribution < -0.4 is 16.0 Å². The van der Waals surface area contributed by atoms with E-state index >= 15 is 0 Å². The molecule has 0 aliphatic carbocycles. The van der Waals surface area contributed by atoms with E-state index in [-0.39, 0.29) is 38.3 Å². The van der Waals surface area contributed by atoms with Crippen LogP contribution >= 0.6 is 0 Å². The molecule has 0 bridgehead atoms. The molecule has 0 spiro atoms. The van der Waals surface area contributed by atoms with E-state index in [1.54, 1.807) is 0 Å². The van der Waals surface area contributed by atoms with E-state index in [4.69, 9.17) is 5.11 Å². The lowest BCUT2D eigenvalue weighted by Crippen LogP contribution is -2.55. The first kappa shape index (κ1) is 27.5. The summed E-state index contributed by atoms with van der Waals surface area (Å²) < 4.78 is 0. The van der Waals surface area contributed by atoms with Crippen LogP contribution in [-0.4, -0.2) is 48.1 Å². The van der Waals surface area contributed by atoms with E-state index in [0.717, 1.165) is 27.5 Å². The van der Waals surface area contributed by atoms with Gasteiger partial charge in [-0.1, -0.05) is 103 Å². The summed E-state index contributed by atoms with van der Waals surface area (Å²) in [6.45, 7) is -0.130. The number of hydrogen-bond acceptors (Lipinski definition) is 4. The third-order valence-electron chi connectivity index (χ3n) is 6.44. The van der Waals surface area contributed by atoms with Gasteiger partial charge in [-0.15, -0.1) is 0 Å². The van der Waals surface area contributed by atoms with Gasteiger partial charge in [0, 0.05) is 19.4 Å². The van der Waals surface area contributed by atoms with Gasteiger partial charge in [0.1, 0.15) is 12.1 Å². The molecule has 0 saturated heterocycles. The molecule has 0 radical (unpaired) electrons. The molecule has 0 aliphatic heterocycles. The molecule has 200 valence electrons. The van der Waals surface area contributed by atoms with Crippen LogP contribution in [0.4, 0.5) is 0 Å². The maximum atomic E-state index is 13.5. The number of amides is 3. The summed E-state index contributed by atoms with van der Waals surface area (Å²) in [6.07, 6.45) is 0.660. The van der Waals surface area contributed by atoms with Crippen molar-refractivity contribution in [3.05, 3.63) is 120 Å². The highest BCUT2D eigenvalue weighted by atomic mass is 16.3. The van der Waals surface area contributed by atoms with Gasteiger partial charge in [0.05, 0.1) is 13.0 Å². The first-order chi connectivity index (χ1) is 19.0. The molecule has 0 aromatic heterocycles. The number of aliphatic hydroxyl groups excluding tert-OH is 1. The van der Waals surface area contributed by atoms with Crippen molar-refractivity contribution in [3.8, 4) is 0 Å². The van der Waals surface area contributed by atoms with Gasteiger partial charge in [-0.05, 0) is 27.5 Å². The van der Waals surface area contributed by atoms with E-state index < -0.39 is 23.9 Å². The van der Waals surface area contributed by atoms with Gasteiger partial charge >= 0.3 is 0 Å². The minimum atomic E-state index is -0.885. The molecule has 0 aliphatic rings. The second-order valence-electron chi connectivity index (χ2n) is 9.43. The van der Waals surface area contributed by atoms with Crippen molar-refractivity contribution in [2.75, 3.05) is 13.2 Å². The Balaban J connectivity index is 1.50. The topological polar surface area (TPSA) is 108 Å². The highest BCUT2D eigenvalue weighted by molar-refractivity contribution is 5.93. The molecule has 3 amide bonds. The predicted molar refractivity (Wildman–Crippen MR) is 152 cm³/mol. The van der Waals surface area contributed by atoms with Crippen LogP contribution in [0.1, 0.15) is 16.7 Å². The predicted octanol–water partition coefficient (Wildman–Crippen LogP) is 2.95. The molecule has 4 aromatic rings. The van der Waals surface area contributed by atoms with E-state index in [1.165, 1.54) is 0 Å². The Bertz CT molecular complexity index is 1390. The second kappa shape index (κ2) is 13.9. The molecule has 2 atom stereocenters. The van der Waals surface area contributed by atoms with Crippen LogP contribution in [0.5, 0.6) is 0 Å². The second-order valence-corrected chi connectivity index (χ2v) is 9.43. The van der Waals surface area contributed by atoms with Gasteiger partial charge < -0.3 is 21.1 Å². The van der Waals surface area contributed by atoms with Crippen LogP contribution in [0.15, 0.2) is 103 Å². The summed E-state index contributed by atoms with van der Waals surface area (Å²) >= 11 is 0. The summed E-state index contributed by atoms with van der Waals surface area (Å²) in [5, 5.41) is 19.7. The standard InChI is InChI=1S/C32H33N3O4/c36-18-17-33-31(38)28(20-23-9-3-1-4-10-23)35-32(39)29(21-24-11-5-2-6-12-24)34-30(37)22-25-15-16-26-13-7-8-14-27(26)19-25/h1-16,19,28-29,36H,17-18,20-22H2,(H,33,38)(H,34,37)(H,35,39)/t28-,29-/m0/s1. The molecule has 7 heteroatoms. The zero-order valence-electron chi connectivity index (χ0n) is 21.7. The normalized spacial score (nSPS) is 12.3. The summed E-state index contributed by atoms with van der Waals surface area (Å²) in [4.78, 5) is 39.5. The van der Waals surface area contributed by atoms with Gasteiger partial charge in [-0.25, -0.2) is 0 Å². The summed E-state index contributed by atoms with van der Waals surface area (Å²) in [6, 6.07) is 30.8. The van der Waals surface area contributed by atoms with E-state index in [2.05, 4.69) is 16.0 Å². The maximum absolute atomic E-state index is 13.5. The molecule has 0 fully saturated rings. The molecular weight excluding hydrogens is 490 g/mol. The van der Waals surface area contributed by atoms with Crippen molar-refractivity contribution in [1.82, 2.24) is 16.0 Å². The number of fused-ring (bicyclic) bond motifs is 1. The van der Waals surface area contributed by atoms with Crippen LogP contribution in [0.2, 0.25) is 0 Å². The first-order valence-corrected chi connectivity index (χ1v) is 13.1. The highest BCUT2D eigenvalue weighted by Crippen LogP contribution is 2.16. The smallest absolute Gasteiger partial charge is 0.243 e. The van der Waals surface area contributed by atoms with Crippen LogP contribution in [-0.2, 0) is 33.6 Å². The molecular formula is C32H33N3O4. The van der Waals surface area contributed by atoms with E-state index in [0.29, 0.717) is 0 Å². The molecule has 0 unspecified atom stereocenters. The summed E-state index contributed by atoms with van der Waals surface area (Å²) in [7, 11) is 0. The van der Waals surface area contributed by atoms with Crippen molar-refractivity contribution < 1.29 is 19.5 Å². The van der Waals surface area contributed by atoms with Gasteiger partial charge in [0.25, 0.3) is 0 Å². The third-order valence-corrected chi connectivity index (χ3v) is 6.44. The van der Waals surface area contributed by atoms with Gasteiger partial charge in [-0.2, -0.15) is 0 Å². The third kappa shape index (κ3) is 8.25. The van der Waals surface area contributed by atoms with Gasteiger partial charge in [-0.3, -0.25) is 14.4 Å². The molecule has 4 aromatic carbocycles. The van der Waals surface area contributed by atoms with Crippen molar-refractivity contribution in [2.45, 2.75) is 31.3 Å². The lowest BCUT2D eigenvalue weighted by atomic mass is 10.0. The Hall–Kier alpha value is -4.49. The highest BCUT2D eigenvalue weighted by Gasteiger charge is 2.27. The summed E-state index contributed by atoms with van der Waals surface area (Å²) in [5.41, 5.74) is 2.60. The molecule has 7 nitrogen and oxygen atoms in total. The fourth-order valence-electron chi connectivity index (χ4n) is 4.47. The van der Waals surface area contributed by atoms with Crippen molar-refractivity contribution in [2.24, 2.45) is 0 Å². The van der Waals surface area contributed by atoms with Crippen molar-refractivity contribution >= 4 is 28.5 Å². The number of hydrogen-bond donors (Lipinski definition) is 4. The summed E-state index contributed by atoms with van der Waals surface area (Å²) in [5.74, 6) is -1.14. The van der Waals surface area contributed by atoms with Crippen LogP contribution in [0.3, 0.4) is 0 Å². The number of rotatable bonds is 12. The molecule has 4 N–H and O–H groups in total. The number of benzene rings is 4. The maximum Gasteiger partial charge on any atom is 0.243 e. The quantitative estimate of drug-likeness (QED) is 0.229. The Morgan fingerprint density at radius 1 is 0.615 bits per heavy atom. The molecule has 0 heterocycles. The zero-order valence-corrected chi connectivity index (χ0v) is 21.7. The van der Waals surface area contributed by atoms with Gasteiger partial charge in [0.2, 0.25) is 17.7 Å². The molecule has 4 rings (SSSR count). The Morgan fingerprint density at radius 2 is 1.18 bits per heavy atom. The number of carbonyl (C=O) groups is 3. The minimum absolute atomic E-state index is 0.0793. The number of carbonyl (C=O) groups excluding carboxylic acids is 3. The SMILES string of the molecule is O=C(Cc1ccc2ccccc2c1)N[C@@H](Cc1ccccc1)C(=O)N[C@@H](Cc1ccccc1)C(=O)NCCO. The minimum Gasteiger partial charge on any atom is -0.395 e. The van der Waals surface area contributed by atoms with Crippen LogP contribution in [0, 0.1) is 0 Å². The first-order valence-electron chi connectivity index (χ1n) is 13.1. The van der Waals surface area contributed by atoms with Crippen molar-refractivity contribution in [3.63, 3.8) is 0 Å². The average molecular weight is 524 g/mol. The van der Waals surface area contributed by atoms with Gasteiger partial charge in [0.15, 0.2) is 0 Å². The zero-order chi connectivity index (χ0) is 27.5. The Labute approximate surface area is 228 Å². The fraction of sp³-hybridized carbons (Fsp3) is 0.219. The molecule has 0 saturated carbocycles. The number of nitrogens with one attached hydrogen (secondary N) is 3. The fourth-order valence-corrected chi connectivity index (χ4v) is 4.47.